The molecule has 1 heterocycles. The summed E-state index contributed by atoms with van der Waals surface area (Å²) in [5.41, 5.74) is 0. The van der Waals surface area contributed by atoms with Crippen LogP contribution in [-0.4, -0.2) is 50.3 Å². The minimum Gasteiger partial charge on any atom is -0.385 e. The minimum absolute atomic E-state index is 0.648. The Morgan fingerprint density at radius 1 is 1.40 bits per heavy atom. The third-order valence-corrected chi connectivity index (χ3v) is 3.24. The molecular formula is C12H26N2O. The van der Waals surface area contributed by atoms with Gasteiger partial charge in [-0.1, -0.05) is 6.92 Å². The molecule has 0 radical (unpaired) electrons. The number of hydrogen-bond donors (Lipinski definition) is 1. The van der Waals surface area contributed by atoms with Gasteiger partial charge in [-0.05, 0) is 32.7 Å². The highest BCUT2D eigenvalue weighted by Crippen LogP contribution is 2.11. The van der Waals surface area contributed by atoms with E-state index in [1.165, 1.54) is 32.4 Å². The first-order valence-corrected chi connectivity index (χ1v) is 6.24. The van der Waals surface area contributed by atoms with Crippen molar-refractivity contribution in [2.24, 2.45) is 0 Å². The van der Waals surface area contributed by atoms with Gasteiger partial charge in [0.05, 0.1) is 0 Å². The van der Waals surface area contributed by atoms with E-state index in [0.717, 1.165) is 19.2 Å². The van der Waals surface area contributed by atoms with Crippen LogP contribution in [0.3, 0.4) is 0 Å². The minimum atomic E-state index is 0.648. The van der Waals surface area contributed by atoms with Crippen molar-refractivity contribution in [1.29, 1.82) is 0 Å². The number of unbranched alkanes of at least 4 members (excludes halogenated alkanes) is 1. The lowest BCUT2D eigenvalue weighted by atomic mass is 10.1. The van der Waals surface area contributed by atoms with Crippen LogP contribution < -0.4 is 5.32 Å². The molecule has 1 aliphatic rings. The number of piperazine rings is 1. The predicted molar refractivity (Wildman–Crippen MR) is 64.2 cm³/mol. The van der Waals surface area contributed by atoms with Crippen molar-refractivity contribution < 1.29 is 4.74 Å². The van der Waals surface area contributed by atoms with Gasteiger partial charge in [-0.3, -0.25) is 4.90 Å². The van der Waals surface area contributed by atoms with Crippen molar-refractivity contribution in [3.63, 3.8) is 0 Å². The molecule has 1 N–H and O–H groups in total. The summed E-state index contributed by atoms with van der Waals surface area (Å²) >= 11 is 0. The monoisotopic (exact) mass is 214 g/mol. The van der Waals surface area contributed by atoms with Crippen LogP contribution >= 0.6 is 0 Å². The lowest BCUT2D eigenvalue weighted by Crippen LogP contribution is -2.55. The first-order chi connectivity index (χ1) is 7.27. The Bertz CT molecular complexity index is 164. The van der Waals surface area contributed by atoms with Gasteiger partial charge in [0, 0.05) is 38.9 Å². The van der Waals surface area contributed by atoms with Gasteiger partial charge >= 0.3 is 0 Å². The van der Waals surface area contributed by atoms with E-state index in [4.69, 9.17) is 4.74 Å². The van der Waals surface area contributed by atoms with Crippen LogP contribution in [0.4, 0.5) is 0 Å². The predicted octanol–water partition coefficient (Wildman–Crippen LogP) is 1.49. The van der Waals surface area contributed by atoms with E-state index in [9.17, 15) is 0 Å². The highest BCUT2D eigenvalue weighted by Gasteiger charge is 2.23. The lowest BCUT2D eigenvalue weighted by Gasteiger charge is -2.39. The summed E-state index contributed by atoms with van der Waals surface area (Å²) in [6.45, 7) is 9.04. The number of ether oxygens (including phenoxy) is 1. The molecule has 90 valence electrons. The Morgan fingerprint density at radius 2 is 2.20 bits per heavy atom. The van der Waals surface area contributed by atoms with Crippen LogP contribution in [0.1, 0.15) is 33.1 Å². The fourth-order valence-corrected chi connectivity index (χ4v) is 2.27. The molecule has 0 aromatic rings. The molecule has 0 spiro atoms. The summed E-state index contributed by atoms with van der Waals surface area (Å²) in [5.74, 6) is 0. The summed E-state index contributed by atoms with van der Waals surface area (Å²) in [5, 5.41) is 3.55. The summed E-state index contributed by atoms with van der Waals surface area (Å²) < 4.78 is 5.07. The van der Waals surface area contributed by atoms with Gasteiger partial charge in [0.2, 0.25) is 0 Å². The molecule has 0 aromatic carbocycles. The van der Waals surface area contributed by atoms with E-state index >= 15 is 0 Å². The quantitative estimate of drug-likeness (QED) is 0.678. The Hall–Kier alpha value is -0.120. The molecule has 0 amide bonds. The first-order valence-electron chi connectivity index (χ1n) is 6.24. The van der Waals surface area contributed by atoms with Gasteiger partial charge in [-0.25, -0.2) is 0 Å². The standard InChI is InChI=1S/C12H26N2O/c1-4-12-9-13-11(2)10-14(12)7-5-6-8-15-3/h11-13H,4-10H2,1-3H3. The summed E-state index contributed by atoms with van der Waals surface area (Å²) in [6, 6.07) is 1.39. The second-order valence-corrected chi connectivity index (χ2v) is 4.57. The second kappa shape index (κ2) is 7.20. The third-order valence-electron chi connectivity index (χ3n) is 3.24. The van der Waals surface area contributed by atoms with Crippen molar-refractivity contribution in [1.82, 2.24) is 10.2 Å². The zero-order valence-electron chi connectivity index (χ0n) is 10.5. The van der Waals surface area contributed by atoms with Crippen molar-refractivity contribution in [2.45, 2.75) is 45.2 Å². The van der Waals surface area contributed by atoms with E-state index in [0.29, 0.717) is 6.04 Å². The average molecular weight is 214 g/mol. The molecule has 2 atom stereocenters. The Labute approximate surface area is 94.2 Å². The number of nitrogens with one attached hydrogen (secondary N) is 1. The maximum atomic E-state index is 5.07. The highest BCUT2D eigenvalue weighted by atomic mass is 16.5. The normalized spacial score (nSPS) is 28.2. The van der Waals surface area contributed by atoms with Crippen LogP contribution in [0.2, 0.25) is 0 Å². The maximum Gasteiger partial charge on any atom is 0.0462 e. The van der Waals surface area contributed by atoms with E-state index in [1.807, 2.05) is 0 Å². The van der Waals surface area contributed by atoms with Gasteiger partial charge in [0.1, 0.15) is 0 Å². The van der Waals surface area contributed by atoms with E-state index in [-0.39, 0.29) is 0 Å². The van der Waals surface area contributed by atoms with Crippen molar-refractivity contribution in [2.75, 3.05) is 33.4 Å². The first kappa shape index (κ1) is 12.9. The Kier molecular flexibility index (Phi) is 6.22. The lowest BCUT2D eigenvalue weighted by molar-refractivity contribution is 0.122. The van der Waals surface area contributed by atoms with Crippen molar-refractivity contribution in [3.8, 4) is 0 Å². The van der Waals surface area contributed by atoms with Gasteiger partial charge < -0.3 is 10.1 Å². The molecule has 1 aliphatic heterocycles. The van der Waals surface area contributed by atoms with Crippen LogP contribution in [0.25, 0.3) is 0 Å². The van der Waals surface area contributed by atoms with Crippen molar-refractivity contribution >= 4 is 0 Å². The zero-order chi connectivity index (χ0) is 11.1. The summed E-state index contributed by atoms with van der Waals surface area (Å²) in [4.78, 5) is 2.64. The molecule has 1 rings (SSSR count). The number of methoxy groups -OCH3 is 1. The van der Waals surface area contributed by atoms with Crippen LogP contribution in [0.15, 0.2) is 0 Å². The molecule has 0 saturated carbocycles. The van der Waals surface area contributed by atoms with Gasteiger partial charge in [-0.2, -0.15) is 0 Å². The van der Waals surface area contributed by atoms with Crippen molar-refractivity contribution in [3.05, 3.63) is 0 Å². The summed E-state index contributed by atoms with van der Waals surface area (Å²) in [6.07, 6.45) is 3.70. The average Bonchev–Trinajstić information content (AvgIpc) is 2.25. The number of rotatable bonds is 6. The van der Waals surface area contributed by atoms with Crippen LogP contribution in [0.5, 0.6) is 0 Å². The molecule has 0 bridgehead atoms. The molecule has 3 nitrogen and oxygen atoms in total. The largest absolute Gasteiger partial charge is 0.385 e. The molecule has 1 fully saturated rings. The molecule has 1 saturated heterocycles. The number of hydrogen-bond acceptors (Lipinski definition) is 3. The van der Waals surface area contributed by atoms with Crippen LogP contribution in [-0.2, 0) is 4.74 Å². The molecule has 2 unspecified atom stereocenters. The fraction of sp³-hybridized carbons (Fsp3) is 1.00. The van der Waals surface area contributed by atoms with E-state index in [2.05, 4.69) is 24.1 Å². The van der Waals surface area contributed by atoms with Gasteiger partial charge in [0.25, 0.3) is 0 Å². The molecule has 0 aliphatic carbocycles. The second-order valence-electron chi connectivity index (χ2n) is 4.57. The van der Waals surface area contributed by atoms with E-state index in [1.54, 1.807) is 7.11 Å². The van der Waals surface area contributed by atoms with E-state index < -0.39 is 0 Å². The molecule has 3 heteroatoms. The summed E-state index contributed by atoms with van der Waals surface area (Å²) in [7, 11) is 1.78. The number of nitrogens with zero attached hydrogens (tertiary/aromatic N) is 1. The molecular weight excluding hydrogens is 188 g/mol. The third kappa shape index (κ3) is 4.49. The smallest absolute Gasteiger partial charge is 0.0462 e. The SMILES string of the molecule is CCC1CNC(C)CN1CCCCOC. The van der Waals surface area contributed by atoms with Gasteiger partial charge in [-0.15, -0.1) is 0 Å². The highest BCUT2D eigenvalue weighted by molar-refractivity contribution is 4.82. The Balaban J connectivity index is 2.22. The molecule has 0 aromatic heterocycles. The Morgan fingerprint density at radius 3 is 2.87 bits per heavy atom. The van der Waals surface area contributed by atoms with Crippen LogP contribution in [0, 0.1) is 0 Å². The molecule has 15 heavy (non-hydrogen) atoms. The topological polar surface area (TPSA) is 24.5 Å². The zero-order valence-corrected chi connectivity index (χ0v) is 10.5. The fourth-order valence-electron chi connectivity index (χ4n) is 2.27. The van der Waals surface area contributed by atoms with Gasteiger partial charge in [0.15, 0.2) is 0 Å². The maximum absolute atomic E-state index is 5.07.